The molecular weight excluding hydrogens is 556 g/mol. The lowest BCUT2D eigenvalue weighted by atomic mass is 9.99. The fourth-order valence-corrected chi connectivity index (χ4v) is 8.42. The van der Waals surface area contributed by atoms with Crippen molar-refractivity contribution in [2.24, 2.45) is 0 Å². The van der Waals surface area contributed by atoms with Crippen molar-refractivity contribution in [2.75, 3.05) is 0 Å². The normalized spacial score (nSPS) is 12.3. The SMILES string of the molecule is c1ccc(-n2c3ccccc3c3c4ccccc4c4c(c5ccccc5n4-c4ccc5c(c4)-c4cccc6cccc-5c46)c32)cc1. The second kappa shape index (κ2) is 8.74. The minimum absolute atomic E-state index is 1.17. The lowest BCUT2D eigenvalue weighted by Crippen LogP contribution is -1.97. The van der Waals surface area contributed by atoms with Crippen molar-refractivity contribution in [2.45, 2.75) is 0 Å². The average molecular weight is 583 g/mol. The van der Waals surface area contributed by atoms with Gasteiger partial charge < -0.3 is 9.13 Å². The van der Waals surface area contributed by atoms with Crippen molar-refractivity contribution in [1.82, 2.24) is 9.13 Å². The van der Waals surface area contributed by atoms with Gasteiger partial charge in [-0.2, -0.15) is 0 Å². The number of aromatic nitrogens is 2. The Bertz CT molecular complexity index is 2900. The molecule has 0 saturated carbocycles. The molecule has 0 aliphatic heterocycles. The van der Waals surface area contributed by atoms with E-state index in [1.807, 2.05) is 0 Å². The van der Waals surface area contributed by atoms with Gasteiger partial charge in [0.05, 0.1) is 22.1 Å². The molecule has 11 rings (SSSR count). The fraction of sp³-hybridized carbons (Fsp3) is 0. The minimum atomic E-state index is 1.17. The van der Waals surface area contributed by atoms with E-state index in [2.05, 4.69) is 167 Å². The van der Waals surface area contributed by atoms with E-state index in [1.54, 1.807) is 0 Å². The summed E-state index contributed by atoms with van der Waals surface area (Å²) in [7, 11) is 0. The highest BCUT2D eigenvalue weighted by molar-refractivity contribution is 6.36. The van der Waals surface area contributed by atoms with Crippen molar-refractivity contribution >= 4 is 65.2 Å². The van der Waals surface area contributed by atoms with Gasteiger partial charge in [0.1, 0.15) is 0 Å². The van der Waals surface area contributed by atoms with Gasteiger partial charge in [0.15, 0.2) is 0 Å². The Kier molecular flexibility index (Phi) is 4.61. The molecule has 2 nitrogen and oxygen atoms in total. The van der Waals surface area contributed by atoms with E-state index in [0.29, 0.717) is 0 Å². The van der Waals surface area contributed by atoms with Crippen molar-refractivity contribution in [3.8, 4) is 33.6 Å². The number of hydrogen-bond acceptors (Lipinski definition) is 0. The zero-order chi connectivity index (χ0) is 29.9. The zero-order valence-electron chi connectivity index (χ0n) is 24.9. The Morgan fingerprint density at radius 1 is 0.304 bits per heavy atom. The van der Waals surface area contributed by atoms with Crippen LogP contribution in [0.15, 0.2) is 158 Å². The third-order valence-electron chi connectivity index (χ3n) is 10.2. The van der Waals surface area contributed by atoms with Crippen LogP contribution in [0.25, 0.3) is 98.8 Å². The van der Waals surface area contributed by atoms with Crippen molar-refractivity contribution in [3.63, 3.8) is 0 Å². The van der Waals surface area contributed by atoms with Gasteiger partial charge >= 0.3 is 0 Å². The summed E-state index contributed by atoms with van der Waals surface area (Å²) >= 11 is 0. The highest BCUT2D eigenvalue weighted by atomic mass is 15.0. The average Bonchev–Trinajstić information content (AvgIpc) is 3.76. The molecule has 8 aromatic carbocycles. The lowest BCUT2D eigenvalue weighted by molar-refractivity contribution is 1.18. The van der Waals surface area contributed by atoms with Crippen LogP contribution in [-0.2, 0) is 0 Å². The van der Waals surface area contributed by atoms with E-state index < -0.39 is 0 Å². The Morgan fingerprint density at radius 2 is 0.891 bits per heavy atom. The van der Waals surface area contributed by atoms with Gasteiger partial charge in [0, 0.05) is 38.3 Å². The summed E-state index contributed by atoms with van der Waals surface area (Å²) in [5.74, 6) is 0. The topological polar surface area (TPSA) is 9.86 Å². The molecular formula is C44H26N2. The molecule has 0 unspecified atom stereocenters. The fourth-order valence-electron chi connectivity index (χ4n) is 8.42. The van der Waals surface area contributed by atoms with Crippen molar-refractivity contribution in [3.05, 3.63) is 158 Å². The van der Waals surface area contributed by atoms with Gasteiger partial charge in [0.2, 0.25) is 0 Å². The van der Waals surface area contributed by atoms with Crippen LogP contribution in [0, 0.1) is 0 Å². The number of fused-ring (bicyclic) bond motifs is 13. The van der Waals surface area contributed by atoms with Crippen LogP contribution in [0.2, 0.25) is 0 Å². The minimum Gasteiger partial charge on any atom is -0.309 e. The highest BCUT2D eigenvalue weighted by Gasteiger charge is 2.26. The van der Waals surface area contributed by atoms with E-state index in [9.17, 15) is 0 Å². The van der Waals surface area contributed by atoms with Crippen LogP contribution in [0.4, 0.5) is 0 Å². The van der Waals surface area contributed by atoms with Crippen LogP contribution < -0.4 is 0 Å². The Hall–Kier alpha value is -6.12. The molecule has 0 bridgehead atoms. The van der Waals surface area contributed by atoms with Gasteiger partial charge in [-0.3, -0.25) is 0 Å². The van der Waals surface area contributed by atoms with Crippen LogP contribution in [0.3, 0.4) is 0 Å². The maximum atomic E-state index is 2.52. The summed E-state index contributed by atoms with van der Waals surface area (Å²) in [4.78, 5) is 0. The van der Waals surface area contributed by atoms with Gasteiger partial charge in [-0.25, -0.2) is 0 Å². The molecule has 0 fully saturated rings. The quantitative estimate of drug-likeness (QED) is 0.192. The lowest BCUT2D eigenvalue weighted by Gasteiger charge is -2.14. The van der Waals surface area contributed by atoms with Crippen LogP contribution in [0.1, 0.15) is 0 Å². The second-order valence-corrected chi connectivity index (χ2v) is 12.5. The molecule has 10 aromatic rings. The first-order valence-electron chi connectivity index (χ1n) is 16.0. The first-order valence-corrected chi connectivity index (χ1v) is 16.0. The van der Waals surface area contributed by atoms with Crippen molar-refractivity contribution < 1.29 is 0 Å². The largest absolute Gasteiger partial charge is 0.309 e. The molecule has 1 aliphatic carbocycles. The Labute approximate surface area is 265 Å². The van der Waals surface area contributed by atoms with E-state index in [0.717, 1.165) is 0 Å². The molecule has 0 N–H and O–H groups in total. The molecule has 0 atom stereocenters. The molecule has 0 saturated heterocycles. The Balaban J connectivity index is 1.36. The standard InChI is InChI=1S/C44H26N2/c1-2-14-28(15-3-1)45-38-22-8-6-18-35(38)41-32-16-4-5-17-34(32)43-42(44(41)45)36-19-7-9-23-39(36)46(43)29-24-25-30-31-20-10-12-27-13-11-21-33(40(27)31)37(30)26-29/h1-26H. The van der Waals surface area contributed by atoms with Gasteiger partial charge in [-0.15, -0.1) is 0 Å². The predicted octanol–water partition coefficient (Wildman–Crippen LogP) is 11.8. The maximum Gasteiger partial charge on any atom is 0.0647 e. The van der Waals surface area contributed by atoms with Crippen molar-refractivity contribution in [1.29, 1.82) is 0 Å². The smallest absolute Gasteiger partial charge is 0.0647 e. The third-order valence-corrected chi connectivity index (χ3v) is 10.2. The Morgan fingerprint density at radius 3 is 1.63 bits per heavy atom. The monoisotopic (exact) mass is 582 g/mol. The first-order chi connectivity index (χ1) is 22.9. The third kappa shape index (κ3) is 2.96. The second-order valence-electron chi connectivity index (χ2n) is 12.5. The van der Waals surface area contributed by atoms with Gasteiger partial charge in [-0.05, 0) is 74.8 Å². The summed E-state index contributed by atoms with van der Waals surface area (Å²) in [6.45, 7) is 0. The molecule has 1 aliphatic rings. The molecule has 2 heteroatoms. The van der Waals surface area contributed by atoms with E-state index >= 15 is 0 Å². The van der Waals surface area contributed by atoms with Crippen LogP contribution in [0.5, 0.6) is 0 Å². The molecule has 2 heterocycles. The summed E-state index contributed by atoms with van der Waals surface area (Å²) < 4.78 is 5.00. The molecule has 0 spiro atoms. The first kappa shape index (κ1) is 24.2. The number of hydrogen-bond donors (Lipinski definition) is 0. The number of rotatable bonds is 2. The van der Waals surface area contributed by atoms with Gasteiger partial charge in [0.25, 0.3) is 0 Å². The summed E-state index contributed by atoms with van der Waals surface area (Å²) in [5.41, 5.74) is 12.6. The molecule has 0 radical (unpaired) electrons. The van der Waals surface area contributed by atoms with E-state index in [4.69, 9.17) is 0 Å². The predicted molar refractivity (Wildman–Crippen MR) is 195 cm³/mol. The zero-order valence-corrected chi connectivity index (χ0v) is 24.9. The van der Waals surface area contributed by atoms with Crippen LogP contribution in [-0.4, -0.2) is 9.13 Å². The number of benzene rings is 8. The number of para-hydroxylation sites is 3. The van der Waals surface area contributed by atoms with Crippen LogP contribution >= 0.6 is 0 Å². The highest BCUT2D eigenvalue weighted by Crippen LogP contribution is 2.50. The summed E-state index contributed by atoms with van der Waals surface area (Å²) in [6.07, 6.45) is 0. The summed E-state index contributed by atoms with van der Waals surface area (Å²) in [5, 5.41) is 10.3. The molecule has 212 valence electrons. The maximum absolute atomic E-state index is 2.52. The summed E-state index contributed by atoms with van der Waals surface area (Å²) in [6, 6.07) is 58.1. The number of nitrogens with zero attached hydrogens (tertiary/aromatic N) is 2. The molecule has 0 amide bonds. The molecule has 46 heavy (non-hydrogen) atoms. The van der Waals surface area contributed by atoms with E-state index in [-0.39, 0.29) is 0 Å². The van der Waals surface area contributed by atoms with Gasteiger partial charge in [-0.1, -0.05) is 121 Å². The molecule has 2 aromatic heterocycles. The van der Waals surface area contributed by atoms with E-state index in [1.165, 1.54) is 98.8 Å².